The zero-order valence-corrected chi connectivity index (χ0v) is 10.3. The molecule has 1 heterocycles. The van der Waals surface area contributed by atoms with Gasteiger partial charge in [0.25, 0.3) is 0 Å². The van der Waals surface area contributed by atoms with Crippen molar-refractivity contribution in [2.75, 3.05) is 0 Å². The highest BCUT2D eigenvalue weighted by atomic mass is 35.5. The lowest BCUT2D eigenvalue weighted by atomic mass is 9.66. The van der Waals surface area contributed by atoms with Gasteiger partial charge in [-0.1, -0.05) is 21.9 Å². The van der Waals surface area contributed by atoms with Gasteiger partial charge in [-0.2, -0.15) is 0 Å². The van der Waals surface area contributed by atoms with Crippen molar-refractivity contribution >= 4 is 75.9 Å². The van der Waals surface area contributed by atoms with Crippen molar-refractivity contribution < 1.29 is 0 Å². The summed E-state index contributed by atoms with van der Waals surface area (Å²) in [5, 5.41) is 0. The number of hydrogen-bond acceptors (Lipinski definition) is 1. The molecule has 0 bridgehead atoms. The summed E-state index contributed by atoms with van der Waals surface area (Å²) in [6.45, 7) is 0. The van der Waals surface area contributed by atoms with Gasteiger partial charge >= 0.3 is 0 Å². The second-order valence-corrected chi connectivity index (χ2v) is 4.31. The van der Waals surface area contributed by atoms with E-state index < -0.39 is 0 Å². The van der Waals surface area contributed by atoms with Crippen LogP contribution in [-0.4, -0.2) is 41.4 Å². The quantitative estimate of drug-likeness (QED) is 0.375. The summed E-state index contributed by atoms with van der Waals surface area (Å²) in [6, 6.07) is 0. The summed E-state index contributed by atoms with van der Waals surface area (Å²) in [5.41, 5.74) is 7.38. The molecule has 1 aromatic heterocycles. The Morgan fingerprint density at radius 1 is 1.00 bits per heavy atom. The van der Waals surface area contributed by atoms with E-state index in [1.807, 2.05) is 0 Å². The molecule has 0 atom stereocenters. The molecule has 0 saturated carbocycles. The molecule has 0 saturated heterocycles. The van der Waals surface area contributed by atoms with Crippen molar-refractivity contribution in [1.82, 2.24) is 9.97 Å². The number of rotatable bonds is 1. The maximum absolute atomic E-state index is 5.79. The van der Waals surface area contributed by atoms with E-state index in [4.69, 9.17) is 11.6 Å². The van der Waals surface area contributed by atoms with E-state index in [9.17, 15) is 0 Å². The van der Waals surface area contributed by atoms with Gasteiger partial charge in [0.15, 0.2) is 0 Å². The van der Waals surface area contributed by atoms with Crippen LogP contribution in [0.5, 0.6) is 0 Å². The number of aromatic amines is 1. The fourth-order valence-electron chi connectivity index (χ4n) is 1.96. The van der Waals surface area contributed by atoms with Crippen molar-refractivity contribution in [2.45, 2.75) is 5.88 Å². The first-order valence-electron chi connectivity index (χ1n) is 5.07. The van der Waals surface area contributed by atoms with Crippen molar-refractivity contribution in [3.05, 3.63) is 5.82 Å². The van der Waals surface area contributed by atoms with Crippen LogP contribution in [0.25, 0.3) is 11.0 Å². The second kappa shape index (κ2) is 3.67. The smallest absolute Gasteiger partial charge is 0.141 e. The molecule has 2 nitrogen and oxygen atoms in total. The van der Waals surface area contributed by atoms with Gasteiger partial charge in [0, 0.05) is 0 Å². The van der Waals surface area contributed by atoms with Gasteiger partial charge in [-0.25, -0.2) is 4.98 Å². The van der Waals surface area contributed by atoms with Crippen LogP contribution in [0.1, 0.15) is 5.82 Å². The molecule has 72 valence electrons. The first-order valence-corrected chi connectivity index (χ1v) is 5.60. The Bertz CT molecular complexity index is 492. The standard InChI is InChI=1S/C8H11B4ClN2/c9-3-4(10)6(12)8-7(5(3)11)14-2(1-13)15-8/h1,9-12H2,(H,14,15). The van der Waals surface area contributed by atoms with Crippen LogP contribution in [0.2, 0.25) is 0 Å². The number of H-pyrrole nitrogens is 1. The Kier molecular flexibility index (Phi) is 2.63. The average molecular weight is 214 g/mol. The summed E-state index contributed by atoms with van der Waals surface area (Å²) < 4.78 is 0. The number of imidazole rings is 1. The Hall–Kier alpha value is -0.760. The third-order valence-corrected chi connectivity index (χ3v) is 3.55. The fraction of sp³-hybridized carbons (Fsp3) is 0.125. The highest BCUT2D eigenvalue weighted by molar-refractivity contribution is 6.66. The number of alkyl halides is 1. The van der Waals surface area contributed by atoms with E-state index in [2.05, 4.69) is 41.4 Å². The largest absolute Gasteiger partial charge is 0.341 e. The van der Waals surface area contributed by atoms with Gasteiger partial charge in [-0.15, -0.1) is 11.6 Å². The fourth-order valence-corrected chi connectivity index (χ4v) is 2.08. The summed E-state index contributed by atoms with van der Waals surface area (Å²) in [4.78, 5) is 7.79. The van der Waals surface area contributed by atoms with E-state index in [1.54, 1.807) is 0 Å². The van der Waals surface area contributed by atoms with Gasteiger partial charge in [-0.05, 0) is 0 Å². The number of hydrogen-bond donors (Lipinski definition) is 1. The van der Waals surface area contributed by atoms with Crippen molar-refractivity contribution in [1.29, 1.82) is 0 Å². The van der Waals surface area contributed by atoms with Gasteiger partial charge in [0.1, 0.15) is 37.2 Å². The molecule has 7 heteroatoms. The highest BCUT2D eigenvalue weighted by Crippen LogP contribution is 2.05. The van der Waals surface area contributed by atoms with Crippen molar-refractivity contribution in [3.8, 4) is 0 Å². The lowest BCUT2D eigenvalue weighted by Gasteiger charge is -2.10. The minimum atomic E-state index is 0.436. The molecule has 1 aromatic carbocycles. The van der Waals surface area contributed by atoms with Crippen LogP contribution in [-0.2, 0) is 5.88 Å². The number of benzene rings is 1. The Morgan fingerprint density at radius 2 is 1.60 bits per heavy atom. The van der Waals surface area contributed by atoms with Crippen molar-refractivity contribution in [3.63, 3.8) is 0 Å². The second-order valence-electron chi connectivity index (χ2n) is 4.04. The number of nitrogens with zero attached hydrogens (tertiary/aromatic N) is 1. The maximum atomic E-state index is 5.79. The maximum Gasteiger partial charge on any atom is 0.141 e. The Balaban J connectivity index is 2.90. The summed E-state index contributed by atoms with van der Waals surface area (Å²) in [6.07, 6.45) is 0. The molecule has 0 unspecified atom stereocenters. The normalized spacial score (nSPS) is 11.0. The molecule has 0 aliphatic heterocycles. The SMILES string of the molecule is Bc1c(B)c(B)c2[nH]c(CCl)nc2c1B. The highest BCUT2D eigenvalue weighted by Gasteiger charge is 2.11. The lowest BCUT2D eigenvalue weighted by Crippen LogP contribution is -2.47. The van der Waals surface area contributed by atoms with E-state index in [0.29, 0.717) is 5.88 Å². The molecule has 0 amide bonds. The molecule has 0 fully saturated rings. The topological polar surface area (TPSA) is 28.7 Å². The number of fused-ring (bicyclic) bond motifs is 1. The minimum absolute atomic E-state index is 0.436. The molecular formula is C8H11B4ClN2. The third kappa shape index (κ3) is 1.51. The van der Waals surface area contributed by atoms with Crippen LogP contribution in [0.15, 0.2) is 0 Å². The predicted octanol–water partition coefficient (Wildman–Crippen LogP) is -4.66. The van der Waals surface area contributed by atoms with Gasteiger partial charge in [-0.3, -0.25) is 0 Å². The summed E-state index contributed by atoms with van der Waals surface area (Å²) in [5.74, 6) is 1.29. The molecular weight excluding hydrogens is 203 g/mol. The summed E-state index contributed by atoms with van der Waals surface area (Å²) in [7, 11) is 8.54. The number of halogens is 1. The van der Waals surface area contributed by atoms with Crippen LogP contribution < -0.4 is 21.9 Å². The van der Waals surface area contributed by atoms with Gasteiger partial charge in [0.2, 0.25) is 0 Å². The Labute approximate surface area is 97.8 Å². The van der Waals surface area contributed by atoms with Gasteiger partial charge in [0.05, 0.1) is 16.9 Å². The number of nitrogens with one attached hydrogen (secondary N) is 1. The third-order valence-electron chi connectivity index (χ3n) is 3.30. The van der Waals surface area contributed by atoms with Crippen LogP contribution in [0.4, 0.5) is 0 Å². The predicted molar refractivity (Wildman–Crippen MR) is 78.4 cm³/mol. The molecule has 0 spiro atoms. The zero-order chi connectivity index (χ0) is 11.2. The first-order chi connectivity index (χ1) is 7.06. The van der Waals surface area contributed by atoms with E-state index in [0.717, 1.165) is 16.9 Å². The minimum Gasteiger partial charge on any atom is -0.341 e. The monoisotopic (exact) mass is 214 g/mol. The first kappa shape index (κ1) is 10.7. The molecule has 1 N–H and O–H groups in total. The van der Waals surface area contributed by atoms with E-state index in [-0.39, 0.29) is 0 Å². The van der Waals surface area contributed by atoms with Gasteiger partial charge < -0.3 is 4.98 Å². The molecule has 15 heavy (non-hydrogen) atoms. The van der Waals surface area contributed by atoms with Crippen LogP contribution in [0.3, 0.4) is 0 Å². The molecule has 0 radical (unpaired) electrons. The average Bonchev–Trinajstić information content (AvgIpc) is 2.67. The lowest BCUT2D eigenvalue weighted by molar-refractivity contribution is 1.14. The van der Waals surface area contributed by atoms with Crippen LogP contribution in [0, 0.1) is 0 Å². The van der Waals surface area contributed by atoms with Crippen LogP contribution >= 0.6 is 11.6 Å². The molecule has 0 aliphatic rings. The summed E-state index contributed by atoms with van der Waals surface area (Å²) >= 11 is 5.79. The molecule has 2 rings (SSSR count). The molecule has 2 aromatic rings. The zero-order valence-electron chi connectivity index (χ0n) is 9.53. The molecule has 0 aliphatic carbocycles. The van der Waals surface area contributed by atoms with E-state index in [1.165, 1.54) is 21.9 Å². The Morgan fingerprint density at radius 3 is 2.20 bits per heavy atom. The number of aromatic nitrogens is 2. The van der Waals surface area contributed by atoms with Crippen molar-refractivity contribution in [2.24, 2.45) is 0 Å². The van der Waals surface area contributed by atoms with E-state index >= 15 is 0 Å².